The van der Waals surface area contributed by atoms with Gasteiger partial charge in [-0.25, -0.2) is 4.99 Å². The van der Waals surface area contributed by atoms with E-state index in [-0.39, 0.29) is 0 Å². The van der Waals surface area contributed by atoms with E-state index >= 15 is 0 Å². The third-order valence-electron chi connectivity index (χ3n) is 2.68. The number of amidine groups is 1. The number of benzene rings is 1. The van der Waals surface area contributed by atoms with Crippen molar-refractivity contribution in [3.63, 3.8) is 0 Å². The monoisotopic (exact) mass is 266 g/mol. The van der Waals surface area contributed by atoms with Crippen LogP contribution >= 0.6 is 15.9 Å². The lowest BCUT2D eigenvalue weighted by molar-refractivity contribution is 1.15. The molecule has 1 aromatic rings. The standard InChI is InChI=1S/C12H15BrN2/c1-7-5-10(6-8(2)11(7)13)15-12(14)9-3-4-9/h5-6,9H,3-4H2,1-2H3,(H2,14,15). The maximum absolute atomic E-state index is 5.89. The van der Waals surface area contributed by atoms with Gasteiger partial charge in [0.25, 0.3) is 0 Å². The van der Waals surface area contributed by atoms with Gasteiger partial charge in [-0.3, -0.25) is 0 Å². The number of rotatable bonds is 2. The van der Waals surface area contributed by atoms with Crippen molar-refractivity contribution in [2.45, 2.75) is 26.7 Å². The van der Waals surface area contributed by atoms with E-state index in [2.05, 4.69) is 46.9 Å². The minimum absolute atomic E-state index is 0.536. The van der Waals surface area contributed by atoms with Gasteiger partial charge >= 0.3 is 0 Å². The molecule has 2 nitrogen and oxygen atoms in total. The SMILES string of the molecule is Cc1cc(N=C(N)C2CC2)cc(C)c1Br. The summed E-state index contributed by atoms with van der Waals surface area (Å²) in [5.41, 5.74) is 9.27. The Balaban J connectivity index is 2.32. The van der Waals surface area contributed by atoms with Gasteiger partial charge < -0.3 is 5.73 Å². The fourth-order valence-corrected chi connectivity index (χ4v) is 1.84. The lowest BCUT2D eigenvalue weighted by Crippen LogP contribution is -2.13. The maximum atomic E-state index is 5.89. The molecule has 0 amide bonds. The number of aryl methyl sites for hydroxylation is 2. The van der Waals surface area contributed by atoms with Crippen molar-refractivity contribution >= 4 is 27.5 Å². The Morgan fingerprint density at radius 1 is 1.33 bits per heavy atom. The molecule has 0 saturated heterocycles. The zero-order chi connectivity index (χ0) is 11.0. The average molecular weight is 267 g/mol. The van der Waals surface area contributed by atoms with Crippen LogP contribution < -0.4 is 5.73 Å². The van der Waals surface area contributed by atoms with Crippen LogP contribution in [0.15, 0.2) is 21.6 Å². The van der Waals surface area contributed by atoms with Crippen LogP contribution in [-0.4, -0.2) is 5.84 Å². The molecule has 0 aromatic heterocycles. The molecule has 2 rings (SSSR count). The van der Waals surface area contributed by atoms with E-state index in [0.29, 0.717) is 5.92 Å². The van der Waals surface area contributed by atoms with Gasteiger partial charge in [0.2, 0.25) is 0 Å². The Bertz CT molecular complexity index is 397. The molecule has 0 heterocycles. The van der Waals surface area contributed by atoms with E-state index in [4.69, 9.17) is 5.73 Å². The summed E-state index contributed by atoms with van der Waals surface area (Å²) in [6, 6.07) is 4.12. The smallest absolute Gasteiger partial charge is 0.103 e. The first-order valence-electron chi connectivity index (χ1n) is 5.18. The first-order valence-corrected chi connectivity index (χ1v) is 5.98. The number of nitrogens with zero attached hydrogens (tertiary/aromatic N) is 1. The van der Waals surface area contributed by atoms with E-state index in [0.717, 1.165) is 16.0 Å². The van der Waals surface area contributed by atoms with Crippen LogP contribution in [0.3, 0.4) is 0 Å². The second-order valence-electron chi connectivity index (χ2n) is 4.20. The normalized spacial score (nSPS) is 16.9. The lowest BCUT2D eigenvalue weighted by atomic mass is 10.1. The third kappa shape index (κ3) is 2.40. The summed E-state index contributed by atoms with van der Waals surface area (Å²) in [7, 11) is 0. The van der Waals surface area contributed by atoms with E-state index in [1.165, 1.54) is 24.0 Å². The van der Waals surface area contributed by atoms with Gasteiger partial charge in [-0.2, -0.15) is 0 Å². The second kappa shape index (κ2) is 3.97. The molecule has 0 atom stereocenters. The van der Waals surface area contributed by atoms with Crippen LogP contribution in [0.5, 0.6) is 0 Å². The van der Waals surface area contributed by atoms with Crippen molar-refractivity contribution in [3.8, 4) is 0 Å². The molecule has 2 N–H and O–H groups in total. The van der Waals surface area contributed by atoms with Crippen molar-refractivity contribution in [3.05, 3.63) is 27.7 Å². The molecule has 80 valence electrons. The van der Waals surface area contributed by atoms with Gasteiger partial charge in [-0.1, -0.05) is 15.9 Å². The topological polar surface area (TPSA) is 38.4 Å². The molecule has 1 aromatic carbocycles. The Labute approximate surface area is 98.7 Å². The Kier molecular flexibility index (Phi) is 2.83. The van der Waals surface area contributed by atoms with Gasteiger partial charge in [0.1, 0.15) is 5.84 Å². The molecule has 0 bridgehead atoms. The number of hydrogen-bond acceptors (Lipinski definition) is 1. The van der Waals surface area contributed by atoms with Crippen LogP contribution in [-0.2, 0) is 0 Å². The molecule has 0 aliphatic heterocycles. The zero-order valence-corrected chi connectivity index (χ0v) is 10.6. The summed E-state index contributed by atoms with van der Waals surface area (Å²) in [5.74, 6) is 1.32. The summed E-state index contributed by atoms with van der Waals surface area (Å²) in [6.07, 6.45) is 2.40. The Hall–Kier alpha value is -0.830. The minimum Gasteiger partial charge on any atom is -0.387 e. The first-order chi connectivity index (χ1) is 7.08. The molecule has 0 unspecified atom stereocenters. The van der Waals surface area contributed by atoms with E-state index < -0.39 is 0 Å². The van der Waals surface area contributed by atoms with Crippen LogP contribution in [0.1, 0.15) is 24.0 Å². The largest absolute Gasteiger partial charge is 0.387 e. The first kappa shape index (κ1) is 10.7. The summed E-state index contributed by atoms with van der Waals surface area (Å²) >= 11 is 3.54. The van der Waals surface area contributed by atoms with Crippen LogP contribution in [0.2, 0.25) is 0 Å². The van der Waals surface area contributed by atoms with E-state index in [1.807, 2.05) is 0 Å². The second-order valence-corrected chi connectivity index (χ2v) is 5.00. The molecule has 1 fully saturated rings. The fourth-order valence-electron chi connectivity index (χ4n) is 1.61. The van der Waals surface area contributed by atoms with Gasteiger partial charge in [0.15, 0.2) is 0 Å². The number of nitrogens with two attached hydrogens (primary N) is 1. The highest BCUT2D eigenvalue weighted by Gasteiger charge is 2.25. The maximum Gasteiger partial charge on any atom is 0.103 e. The van der Waals surface area contributed by atoms with Gasteiger partial charge in [-0.15, -0.1) is 0 Å². The van der Waals surface area contributed by atoms with E-state index in [9.17, 15) is 0 Å². The highest BCUT2D eigenvalue weighted by atomic mass is 79.9. The summed E-state index contributed by atoms with van der Waals surface area (Å²) in [6.45, 7) is 4.15. The Morgan fingerprint density at radius 3 is 2.33 bits per heavy atom. The highest BCUT2D eigenvalue weighted by molar-refractivity contribution is 9.10. The van der Waals surface area contributed by atoms with Gasteiger partial charge in [0, 0.05) is 10.4 Å². The van der Waals surface area contributed by atoms with Crippen molar-refractivity contribution in [2.24, 2.45) is 16.6 Å². The van der Waals surface area contributed by atoms with Crippen LogP contribution in [0.25, 0.3) is 0 Å². The molecule has 3 heteroatoms. The van der Waals surface area contributed by atoms with Crippen molar-refractivity contribution in [2.75, 3.05) is 0 Å². The molecular weight excluding hydrogens is 252 g/mol. The predicted octanol–water partition coefficient (Wildman–Crippen LogP) is 3.46. The summed E-state index contributed by atoms with van der Waals surface area (Å²) in [5, 5.41) is 0. The predicted molar refractivity (Wildman–Crippen MR) is 67.6 cm³/mol. The molecule has 0 spiro atoms. The summed E-state index contributed by atoms with van der Waals surface area (Å²) < 4.78 is 1.16. The Morgan fingerprint density at radius 2 is 1.87 bits per heavy atom. The van der Waals surface area contributed by atoms with Crippen LogP contribution in [0, 0.1) is 19.8 Å². The average Bonchev–Trinajstić information content (AvgIpc) is 2.96. The van der Waals surface area contributed by atoms with Crippen molar-refractivity contribution < 1.29 is 0 Å². The van der Waals surface area contributed by atoms with Gasteiger partial charge in [0.05, 0.1) is 5.69 Å². The quantitative estimate of drug-likeness (QED) is 0.646. The van der Waals surface area contributed by atoms with Gasteiger partial charge in [-0.05, 0) is 49.9 Å². The zero-order valence-electron chi connectivity index (χ0n) is 9.05. The fraction of sp³-hybridized carbons (Fsp3) is 0.417. The summed E-state index contributed by atoms with van der Waals surface area (Å²) in [4.78, 5) is 4.46. The molecule has 1 aliphatic rings. The third-order valence-corrected chi connectivity index (χ3v) is 3.93. The highest BCUT2D eigenvalue weighted by Crippen LogP contribution is 2.31. The lowest BCUT2D eigenvalue weighted by Gasteiger charge is -2.05. The number of halogens is 1. The molecule has 15 heavy (non-hydrogen) atoms. The number of hydrogen-bond donors (Lipinski definition) is 1. The van der Waals surface area contributed by atoms with Crippen LogP contribution in [0.4, 0.5) is 5.69 Å². The van der Waals surface area contributed by atoms with Crippen molar-refractivity contribution in [1.82, 2.24) is 0 Å². The van der Waals surface area contributed by atoms with E-state index in [1.54, 1.807) is 0 Å². The molecular formula is C12H15BrN2. The van der Waals surface area contributed by atoms with Crippen molar-refractivity contribution in [1.29, 1.82) is 0 Å². The molecule has 0 radical (unpaired) electrons. The number of aliphatic imine (C=N–C) groups is 1. The minimum atomic E-state index is 0.536. The molecule has 1 aliphatic carbocycles. The molecule has 1 saturated carbocycles.